The standard InChI is InChI=1S/C10H9N5O4/c16-8(17)5-19-7-3-1-2-6(4-7)11-10(18)9-12-14-15-13-9/h1-4H,5H2,(H,11,18)(H,16,17)(H,12,13,14,15). The molecular formula is C10H9N5O4. The first-order valence-corrected chi connectivity index (χ1v) is 5.14. The summed E-state index contributed by atoms with van der Waals surface area (Å²) in [6.07, 6.45) is 0. The fourth-order valence-electron chi connectivity index (χ4n) is 1.25. The van der Waals surface area contributed by atoms with Gasteiger partial charge in [0, 0.05) is 11.8 Å². The second-order valence-electron chi connectivity index (χ2n) is 3.40. The van der Waals surface area contributed by atoms with Crippen molar-refractivity contribution in [1.29, 1.82) is 0 Å². The Morgan fingerprint density at radius 1 is 1.42 bits per heavy atom. The molecule has 3 N–H and O–H groups in total. The summed E-state index contributed by atoms with van der Waals surface area (Å²) in [7, 11) is 0. The van der Waals surface area contributed by atoms with Gasteiger partial charge in [0.25, 0.3) is 11.7 Å². The lowest BCUT2D eigenvalue weighted by atomic mass is 10.3. The number of aromatic nitrogens is 4. The molecule has 2 aromatic rings. The number of carboxylic acids is 1. The third-order valence-corrected chi connectivity index (χ3v) is 2.00. The zero-order valence-corrected chi connectivity index (χ0v) is 9.53. The van der Waals surface area contributed by atoms with Gasteiger partial charge >= 0.3 is 5.97 Å². The molecule has 0 radical (unpaired) electrons. The number of hydrogen-bond acceptors (Lipinski definition) is 6. The van der Waals surface area contributed by atoms with Crippen molar-refractivity contribution in [2.75, 3.05) is 11.9 Å². The number of carboxylic acid groups (broad SMARTS) is 1. The Hall–Kier alpha value is -2.97. The minimum absolute atomic E-state index is 0.100. The molecule has 0 atom stereocenters. The molecule has 0 unspecified atom stereocenters. The molecule has 1 aromatic heterocycles. The summed E-state index contributed by atoms with van der Waals surface area (Å²) in [6, 6.07) is 6.29. The number of anilines is 1. The third-order valence-electron chi connectivity index (χ3n) is 2.00. The number of ether oxygens (including phenoxy) is 1. The van der Waals surface area contributed by atoms with Gasteiger partial charge in [0.05, 0.1) is 0 Å². The fraction of sp³-hybridized carbons (Fsp3) is 0.100. The number of hydrogen-bond donors (Lipinski definition) is 3. The van der Waals surface area contributed by atoms with Gasteiger partial charge in [-0.2, -0.15) is 5.21 Å². The maximum atomic E-state index is 11.6. The van der Waals surface area contributed by atoms with Crippen LogP contribution in [0.2, 0.25) is 0 Å². The van der Waals surface area contributed by atoms with E-state index in [1.165, 1.54) is 6.07 Å². The Morgan fingerprint density at radius 2 is 2.26 bits per heavy atom. The molecule has 1 aromatic carbocycles. The second-order valence-corrected chi connectivity index (χ2v) is 3.40. The number of benzene rings is 1. The van der Waals surface area contributed by atoms with E-state index in [1.807, 2.05) is 0 Å². The number of nitrogens with zero attached hydrogens (tertiary/aromatic N) is 3. The molecule has 0 aliphatic carbocycles. The lowest BCUT2D eigenvalue weighted by Crippen LogP contribution is -2.14. The first-order chi connectivity index (χ1) is 9.15. The molecule has 0 aliphatic heterocycles. The summed E-state index contributed by atoms with van der Waals surface area (Å²) >= 11 is 0. The number of tetrazole rings is 1. The highest BCUT2D eigenvalue weighted by molar-refractivity contribution is 6.01. The summed E-state index contributed by atoms with van der Waals surface area (Å²) in [4.78, 5) is 22.0. The van der Waals surface area contributed by atoms with Crippen molar-refractivity contribution in [3.63, 3.8) is 0 Å². The van der Waals surface area contributed by atoms with Crippen LogP contribution < -0.4 is 10.1 Å². The number of aromatic amines is 1. The molecule has 0 aliphatic rings. The molecule has 1 amide bonds. The second kappa shape index (κ2) is 5.58. The summed E-state index contributed by atoms with van der Waals surface area (Å²) in [6.45, 7) is -0.456. The molecule has 1 heterocycles. The van der Waals surface area contributed by atoms with Crippen molar-refractivity contribution in [3.8, 4) is 5.75 Å². The zero-order valence-electron chi connectivity index (χ0n) is 9.53. The van der Waals surface area contributed by atoms with E-state index in [2.05, 4.69) is 25.9 Å². The first-order valence-electron chi connectivity index (χ1n) is 5.14. The number of H-pyrrole nitrogens is 1. The van der Waals surface area contributed by atoms with E-state index in [-0.39, 0.29) is 5.82 Å². The normalized spacial score (nSPS) is 9.89. The summed E-state index contributed by atoms with van der Waals surface area (Å²) in [5, 5.41) is 23.5. The van der Waals surface area contributed by atoms with Crippen LogP contribution in [0.4, 0.5) is 5.69 Å². The first kappa shape index (κ1) is 12.5. The monoisotopic (exact) mass is 263 g/mol. The molecule has 9 nitrogen and oxygen atoms in total. The van der Waals surface area contributed by atoms with Crippen molar-refractivity contribution in [1.82, 2.24) is 20.6 Å². The third kappa shape index (κ3) is 3.49. The minimum atomic E-state index is -1.08. The Kier molecular flexibility index (Phi) is 3.67. The maximum absolute atomic E-state index is 11.6. The molecule has 19 heavy (non-hydrogen) atoms. The van der Waals surface area contributed by atoms with Crippen molar-refractivity contribution < 1.29 is 19.4 Å². The van der Waals surface area contributed by atoms with Crippen LogP contribution >= 0.6 is 0 Å². The van der Waals surface area contributed by atoms with Gasteiger partial charge in [-0.25, -0.2) is 4.79 Å². The van der Waals surface area contributed by atoms with Crippen molar-refractivity contribution in [2.45, 2.75) is 0 Å². The molecule has 0 saturated carbocycles. The van der Waals surface area contributed by atoms with Crippen molar-refractivity contribution in [3.05, 3.63) is 30.1 Å². The van der Waals surface area contributed by atoms with E-state index < -0.39 is 18.5 Å². The molecule has 0 bridgehead atoms. The number of carbonyl (C=O) groups is 2. The molecule has 0 saturated heterocycles. The zero-order chi connectivity index (χ0) is 13.7. The van der Waals surface area contributed by atoms with Crippen molar-refractivity contribution >= 4 is 17.6 Å². The predicted octanol–water partition coefficient (Wildman–Crippen LogP) is -0.0846. The minimum Gasteiger partial charge on any atom is -0.482 e. The summed E-state index contributed by atoms with van der Waals surface area (Å²) < 4.78 is 4.98. The molecule has 0 spiro atoms. The average Bonchev–Trinajstić information content (AvgIpc) is 2.91. The fourth-order valence-corrected chi connectivity index (χ4v) is 1.25. The van der Waals surface area contributed by atoms with Crippen LogP contribution in [0.15, 0.2) is 24.3 Å². The largest absolute Gasteiger partial charge is 0.482 e. The number of nitrogens with one attached hydrogen (secondary N) is 2. The molecule has 2 rings (SSSR count). The number of carbonyl (C=O) groups excluding carboxylic acids is 1. The van der Waals surface area contributed by atoms with Gasteiger partial charge in [-0.15, -0.1) is 10.2 Å². The molecular weight excluding hydrogens is 254 g/mol. The van der Waals surface area contributed by atoms with Crippen LogP contribution in [-0.4, -0.2) is 44.2 Å². The van der Waals surface area contributed by atoms with Crippen LogP contribution in [0.3, 0.4) is 0 Å². The van der Waals surface area contributed by atoms with Gasteiger partial charge in [-0.1, -0.05) is 6.07 Å². The highest BCUT2D eigenvalue weighted by atomic mass is 16.5. The highest BCUT2D eigenvalue weighted by Gasteiger charge is 2.11. The van der Waals surface area contributed by atoms with Crippen molar-refractivity contribution in [2.24, 2.45) is 0 Å². The lowest BCUT2D eigenvalue weighted by Gasteiger charge is -2.06. The Labute approximate surface area is 106 Å². The SMILES string of the molecule is O=C(O)COc1cccc(NC(=O)c2nn[nH]n2)c1. The Bertz CT molecular complexity index is 583. The van der Waals surface area contributed by atoms with Gasteiger partial charge in [0.2, 0.25) is 0 Å². The van der Waals surface area contributed by atoms with E-state index >= 15 is 0 Å². The number of aliphatic carboxylic acids is 1. The maximum Gasteiger partial charge on any atom is 0.341 e. The van der Waals surface area contributed by atoms with Crippen LogP contribution in [0.5, 0.6) is 5.75 Å². The lowest BCUT2D eigenvalue weighted by molar-refractivity contribution is -0.139. The number of rotatable bonds is 5. The van der Waals surface area contributed by atoms with Gasteiger partial charge in [-0.05, 0) is 17.3 Å². The van der Waals surface area contributed by atoms with E-state index in [0.29, 0.717) is 11.4 Å². The van der Waals surface area contributed by atoms with Gasteiger partial charge in [0.1, 0.15) is 5.75 Å². The van der Waals surface area contributed by atoms with E-state index in [1.54, 1.807) is 18.2 Å². The molecule has 98 valence electrons. The topological polar surface area (TPSA) is 130 Å². The van der Waals surface area contributed by atoms with E-state index in [9.17, 15) is 9.59 Å². The Morgan fingerprint density at radius 3 is 2.95 bits per heavy atom. The summed E-state index contributed by atoms with van der Waals surface area (Å²) in [5.41, 5.74) is 0.428. The highest BCUT2D eigenvalue weighted by Crippen LogP contribution is 2.17. The summed E-state index contributed by atoms with van der Waals surface area (Å²) in [5.74, 6) is -1.39. The van der Waals surface area contributed by atoms with Gasteiger partial charge in [-0.3, -0.25) is 4.79 Å². The van der Waals surface area contributed by atoms with Crippen LogP contribution in [0.25, 0.3) is 0 Å². The van der Waals surface area contributed by atoms with Crippen LogP contribution in [0, 0.1) is 0 Å². The number of amides is 1. The van der Waals surface area contributed by atoms with Crippen LogP contribution in [0.1, 0.15) is 10.6 Å². The molecule has 9 heteroatoms. The Balaban J connectivity index is 2.02. The molecule has 0 fully saturated rings. The smallest absolute Gasteiger partial charge is 0.341 e. The van der Waals surface area contributed by atoms with E-state index in [4.69, 9.17) is 9.84 Å². The average molecular weight is 263 g/mol. The van der Waals surface area contributed by atoms with E-state index in [0.717, 1.165) is 0 Å². The quantitative estimate of drug-likeness (QED) is 0.687. The van der Waals surface area contributed by atoms with Gasteiger partial charge < -0.3 is 15.2 Å². The van der Waals surface area contributed by atoms with Gasteiger partial charge in [0.15, 0.2) is 6.61 Å². The predicted molar refractivity (Wildman–Crippen MR) is 61.7 cm³/mol. The van der Waals surface area contributed by atoms with Crippen LogP contribution in [-0.2, 0) is 4.79 Å².